The fourth-order valence-corrected chi connectivity index (χ4v) is 2.19. The molecule has 0 saturated heterocycles. The van der Waals surface area contributed by atoms with Gasteiger partial charge < -0.3 is 4.52 Å². The van der Waals surface area contributed by atoms with Crippen LogP contribution in [-0.4, -0.2) is 10.1 Å². The van der Waals surface area contributed by atoms with E-state index in [1.807, 2.05) is 43.3 Å². The Morgan fingerprint density at radius 3 is 2.27 bits per heavy atom. The number of aryl methyl sites for hydroxylation is 1. The van der Waals surface area contributed by atoms with E-state index >= 15 is 0 Å². The van der Waals surface area contributed by atoms with Crippen LogP contribution in [0.1, 0.15) is 25.0 Å². The van der Waals surface area contributed by atoms with Crippen LogP contribution in [0.15, 0.2) is 53.1 Å². The molecule has 3 aromatic rings. The van der Waals surface area contributed by atoms with Gasteiger partial charge in [-0.3, -0.25) is 0 Å². The molecule has 0 spiro atoms. The van der Waals surface area contributed by atoms with Crippen LogP contribution in [0.4, 0.5) is 0 Å². The summed E-state index contributed by atoms with van der Waals surface area (Å²) < 4.78 is 5.36. The van der Waals surface area contributed by atoms with Gasteiger partial charge in [-0.25, -0.2) is 0 Å². The molecule has 3 rings (SSSR count). The van der Waals surface area contributed by atoms with Gasteiger partial charge in [0.15, 0.2) is 0 Å². The highest BCUT2D eigenvalue weighted by atomic mass is 16.5. The molecule has 0 bridgehead atoms. The van der Waals surface area contributed by atoms with Crippen molar-refractivity contribution in [3.05, 3.63) is 59.7 Å². The predicted octanol–water partition coefficient (Wildman–Crippen LogP) is 4.34. The van der Waals surface area contributed by atoms with Gasteiger partial charge in [-0.05, 0) is 43.2 Å². The van der Waals surface area contributed by atoms with Crippen molar-refractivity contribution < 1.29 is 4.52 Å². The van der Waals surface area contributed by atoms with Gasteiger partial charge in [0, 0.05) is 16.7 Å². The molecule has 0 saturated carbocycles. The Bertz CT molecular complexity index is 818. The molecule has 2 aromatic carbocycles. The van der Waals surface area contributed by atoms with Crippen molar-refractivity contribution in [1.29, 1.82) is 0 Å². The summed E-state index contributed by atoms with van der Waals surface area (Å²) in [6.07, 6.45) is 1.02. The van der Waals surface area contributed by atoms with Gasteiger partial charge in [-0.2, -0.15) is 4.98 Å². The molecule has 0 N–H and O–H groups in total. The summed E-state index contributed by atoms with van der Waals surface area (Å²) in [5.41, 5.74) is 4.12. The molecule has 3 nitrogen and oxygen atoms in total. The zero-order valence-corrected chi connectivity index (χ0v) is 12.6. The third-order valence-corrected chi connectivity index (χ3v) is 3.45. The van der Waals surface area contributed by atoms with Gasteiger partial charge in [0.2, 0.25) is 5.82 Å². The molecule has 0 aliphatic heterocycles. The summed E-state index contributed by atoms with van der Waals surface area (Å²) in [4.78, 5) is 4.47. The highest BCUT2D eigenvalue weighted by Crippen LogP contribution is 2.22. The topological polar surface area (TPSA) is 38.9 Å². The minimum atomic E-state index is 0.519. The second kappa shape index (κ2) is 6.28. The second-order valence-electron chi connectivity index (χ2n) is 4.93. The van der Waals surface area contributed by atoms with E-state index in [2.05, 4.69) is 41.0 Å². The van der Waals surface area contributed by atoms with Crippen LogP contribution in [0, 0.1) is 11.8 Å². The fraction of sp³-hybridized carbons (Fsp3) is 0.158. The smallest absolute Gasteiger partial charge is 0.258 e. The molecule has 0 fully saturated rings. The van der Waals surface area contributed by atoms with E-state index < -0.39 is 0 Å². The van der Waals surface area contributed by atoms with Crippen molar-refractivity contribution in [3.8, 4) is 34.7 Å². The van der Waals surface area contributed by atoms with Crippen molar-refractivity contribution in [3.63, 3.8) is 0 Å². The number of hydrogen-bond donors (Lipinski definition) is 0. The maximum atomic E-state index is 5.36. The number of nitrogens with zero attached hydrogens (tertiary/aromatic N) is 2. The first kappa shape index (κ1) is 14.1. The highest BCUT2D eigenvalue weighted by Gasteiger charge is 2.10. The summed E-state index contributed by atoms with van der Waals surface area (Å²) >= 11 is 0. The lowest BCUT2D eigenvalue weighted by Gasteiger charge is -1.97. The van der Waals surface area contributed by atoms with E-state index in [0.717, 1.165) is 23.1 Å². The van der Waals surface area contributed by atoms with E-state index in [1.165, 1.54) is 5.56 Å². The Morgan fingerprint density at radius 1 is 0.955 bits per heavy atom. The Morgan fingerprint density at radius 2 is 1.64 bits per heavy atom. The fourth-order valence-electron chi connectivity index (χ4n) is 2.19. The van der Waals surface area contributed by atoms with Gasteiger partial charge >= 0.3 is 0 Å². The van der Waals surface area contributed by atoms with E-state index in [1.54, 1.807) is 0 Å². The minimum absolute atomic E-state index is 0.519. The van der Waals surface area contributed by atoms with Crippen molar-refractivity contribution in [2.75, 3.05) is 0 Å². The van der Waals surface area contributed by atoms with Crippen LogP contribution in [-0.2, 0) is 6.42 Å². The van der Waals surface area contributed by atoms with Crippen molar-refractivity contribution in [2.45, 2.75) is 20.3 Å². The third kappa shape index (κ3) is 2.91. The summed E-state index contributed by atoms with van der Waals surface area (Å²) in [5, 5.41) is 4.06. The van der Waals surface area contributed by atoms with Crippen LogP contribution < -0.4 is 0 Å². The standard InChI is InChI=1S/C19H16N2O/c1-3-5-15-8-12-17(13-9-15)19-20-18(21-22-19)16-10-6-14(4-2)7-11-16/h6-13H,4H2,1-2H3. The first-order valence-electron chi connectivity index (χ1n) is 7.26. The highest BCUT2D eigenvalue weighted by molar-refractivity contribution is 5.60. The zero-order valence-electron chi connectivity index (χ0n) is 12.6. The number of hydrogen-bond acceptors (Lipinski definition) is 3. The van der Waals surface area contributed by atoms with Gasteiger partial charge in [0.05, 0.1) is 0 Å². The zero-order chi connectivity index (χ0) is 15.4. The van der Waals surface area contributed by atoms with Gasteiger partial charge in [0.1, 0.15) is 0 Å². The maximum absolute atomic E-state index is 5.36. The van der Waals surface area contributed by atoms with Crippen LogP contribution >= 0.6 is 0 Å². The summed E-state index contributed by atoms with van der Waals surface area (Å²) in [5.74, 6) is 7.01. The molecule has 3 heteroatoms. The Hall–Kier alpha value is -2.86. The van der Waals surface area contributed by atoms with Crippen LogP contribution in [0.5, 0.6) is 0 Å². The molecule has 108 valence electrons. The van der Waals surface area contributed by atoms with Gasteiger partial charge in [0.25, 0.3) is 5.89 Å². The van der Waals surface area contributed by atoms with Crippen molar-refractivity contribution in [1.82, 2.24) is 10.1 Å². The molecule has 22 heavy (non-hydrogen) atoms. The normalized spacial score (nSPS) is 10.1. The van der Waals surface area contributed by atoms with Gasteiger partial charge in [-0.1, -0.05) is 42.3 Å². The molecule has 0 amide bonds. The Labute approximate surface area is 130 Å². The number of benzene rings is 2. The summed E-state index contributed by atoms with van der Waals surface area (Å²) in [6.45, 7) is 3.95. The van der Waals surface area contributed by atoms with Crippen LogP contribution in [0.2, 0.25) is 0 Å². The van der Waals surface area contributed by atoms with E-state index in [4.69, 9.17) is 4.52 Å². The van der Waals surface area contributed by atoms with E-state index in [0.29, 0.717) is 11.7 Å². The quantitative estimate of drug-likeness (QED) is 0.673. The van der Waals surface area contributed by atoms with Gasteiger partial charge in [-0.15, -0.1) is 5.92 Å². The van der Waals surface area contributed by atoms with E-state index in [-0.39, 0.29) is 0 Å². The molecule has 1 aromatic heterocycles. The molecular formula is C19H16N2O. The van der Waals surface area contributed by atoms with Crippen molar-refractivity contribution >= 4 is 0 Å². The predicted molar refractivity (Wildman–Crippen MR) is 87.1 cm³/mol. The second-order valence-corrected chi connectivity index (χ2v) is 4.93. The largest absolute Gasteiger partial charge is 0.334 e. The monoisotopic (exact) mass is 288 g/mol. The lowest BCUT2D eigenvalue weighted by molar-refractivity contribution is 0.432. The summed E-state index contributed by atoms with van der Waals surface area (Å²) in [6, 6.07) is 16.0. The number of rotatable bonds is 3. The lowest BCUT2D eigenvalue weighted by atomic mass is 10.1. The molecule has 0 atom stereocenters. The average Bonchev–Trinajstić information content (AvgIpc) is 3.06. The van der Waals surface area contributed by atoms with E-state index in [9.17, 15) is 0 Å². The molecule has 0 aliphatic rings. The Kier molecular flexibility index (Phi) is 4.02. The molecule has 0 radical (unpaired) electrons. The first-order valence-corrected chi connectivity index (χ1v) is 7.26. The minimum Gasteiger partial charge on any atom is -0.334 e. The molecular weight excluding hydrogens is 272 g/mol. The SMILES string of the molecule is CC#Cc1ccc(-c2nc(-c3ccc(CC)cc3)no2)cc1. The van der Waals surface area contributed by atoms with Crippen LogP contribution in [0.25, 0.3) is 22.8 Å². The third-order valence-electron chi connectivity index (χ3n) is 3.45. The van der Waals surface area contributed by atoms with Crippen LogP contribution in [0.3, 0.4) is 0 Å². The van der Waals surface area contributed by atoms with Crippen molar-refractivity contribution in [2.24, 2.45) is 0 Å². The Balaban J connectivity index is 1.87. The summed E-state index contributed by atoms with van der Waals surface area (Å²) in [7, 11) is 0. The number of aromatic nitrogens is 2. The molecule has 1 heterocycles. The average molecular weight is 288 g/mol. The molecule has 0 aliphatic carbocycles. The molecule has 0 unspecified atom stereocenters. The first-order chi connectivity index (χ1) is 10.8. The lowest BCUT2D eigenvalue weighted by Crippen LogP contribution is -1.84. The maximum Gasteiger partial charge on any atom is 0.258 e.